The molecule has 15 heavy (non-hydrogen) atoms. The Kier molecular flexibility index (Phi) is 5.35. The molecule has 0 aromatic heterocycles. The quantitative estimate of drug-likeness (QED) is 0.715. The van der Waals surface area contributed by atoms with E-state index in [0.717, 1.165) is 6.42 Å². The highest BCUT2D eigenvalue weighted by Crippen LogP contribution is 2.18. The third-order valence-electron chi connectivity index (χ3n) is 2.56. The normalized spacial score (nSPS) is 13.1. The first kappa shape index (κ1) is 14.0. The van der Waals surface area contributed by atoms with Crippen LogP contribution in [0.4, 0.5) is 0 Å². The molecule has 86 valence electrons. The topological polar surface area (TPSA) is 44.1 Å². The third kappa shape index (κ3) is 4.33. The molecular weight excluding hydrogens is 188 g/mol. The lowest BCUT2D eigenvalue weighted by molar-refractivity contribution is -0.139. The lowest BCUT2D eigenvalue weighted by atomic mass is 10.0. The zero-order valence-electron chi connectivity index (χ0n) is 10.5. The number of hydrogen-bond acceptors (Lipinski definition) is 2. The number of nitriles is 1. The molecule has 0 N–H and O–H groups in total. The van der Waals surface area contributed by atoms with Crippen molar-refractivity contribution in [2.45, 2.75) is 53.0 Å². The van der Waals surface area contributed by atoms with E-state index < -0.39 is 0 Å². The van der Waals surface area contributed by atoms with Crippen LogP contribution in [0, 0.1) is 17.2 Å². The molecule has 1 amide bonds. The van der Waals surface area contributed by atoms with Crippen LogP contribution in [0.15, 0.2) is 0 Å². The number of hydrogen-bond donors (Lipinski definition) is 0. The standard InChI is InChI=1S/C12H22N2O/c1-6-10(2)11(15)14(9-7-8-13)12(3,4)5/h10H,6-7,9H2,1-5H3. The monoisotopic (exact) mass is 210 g/mol. The molecule has 0 fully saturated rings. The number of carbonyl (C=O) groups excluding carboxylic acids is 1. The molecule has 0 aromatic carbocycles. The van der Waals surface area contributed by atoms with Gasteiger partial charge in [-0.1, -0.05) is 13.8 Å². The van der Waals surface area contributed by atoms with Crippen LogP contribution in [0.2, 0.25) is 0 Å². The lowest BCUT2D eigenvalue weighted by Crippen LogP contribution is -2.48. The summed E-state index contributed by atoms with van der Waals surface area (Å²) in [4.78, 5) is 13.9. The van der Waals surface area contributed by atoms with Crippen LogP contribution in [0.1, 0.15) is 47.5 Å². The van der Waals surface area contributed by atoms with Crippen LogP contribution in [0.5, 0.6) is 0 Å². The molecule has 0 rings (SSSR count). The van der Waals surface area contributed by atoms with Crippen molar-refractivity contribution in [3.05, 3.63) is 0 Å². The highest BCUT2D eigenvalue weighted by molar-refractivity contribution is 5.79. The van der Waals surface area contributed by atoms with Crippen molar-refractivity contribution in [3.8, 4) is 6.07 Å². The molecule has 0 spiro atoms. The Morgan fingerprint density at radius 2 is 2.00 bits per heavy atom. The molecule has 0 aromatic rings. The fourth-order valence-corrected chi connectivity index (χ4v) is 1.38. The van der Waals surface area contributed by atoms with Crippen LogP contribution in [-0.2, 0) is 4.79 Å². The van der Waals surface area contributed by atoms with Gasteiger partial charge in [-0.05, 0) is 27.2 Å². The second kappa shape index (κ2) is 5.75. The largest absolute Gasteiger partial charge is 0.337 e. The first-order valence-electron chi connectivity index (χ1n) is 5.53. The summed E-state index contributed by atoms with van der Waals surface area (Å²) in [6.07, 6.45) is 1.25. The number of amides is 1. The average molecular weight is 210 g/mol. The molecule has 0 aliphatic heterocycles. The van der Waals surface area contributed by atoms with Crippen molar-refractivity contribution in [2.24, 2.45) is 5.92 Å². The van der Waals surface area contributed by atoms with Gasteiger partial charge in [0.05, 0.1) is 12.5 Å². The van der Waals surface area contributed by atoms with E-state index in [9.17, 15) is 4.79 Å². The summed E-state index contributed by atoms with van der Waals surface area (Å²) in [5.74, 6) is 0.197. The van der Waals surface area contributed by atoms with Gasteiger partial charge in [0.1, 0.15) is 0 Å². The van der Waals surface area contributed by atoms with Gasteiger partial charge in [-0.15, -0.1) is 0 Å². The maximum Gasteiger partial charge on any atom is 0.225 e. The van der Waals surface area contributed by atoms with Crippen molar-refractivity contribution in [2.75, 3.05) is 6.54 Å². The zero-order chi connectivity index (χ0) is 12.1. The molecule has 3 heteroatoms. The van der Waals surface area contributed by atoms with Crippen LogP contribution < -0.4 is 0 Å². The molecule has 0 aliphatic carbocycles. The fraction of sp³-hybridized carbons (Fsp3) is 0.833. The second-order valence-corrected chi connectivity index (χ2v) is 4.88. The van der Waals surface area contributed by atoms with Crippen LogP contribution >= 0.6 is 0 Å². The molecular formula is C12H22N2O. The van der Waals surface area contributed by atoms with Crippen molar-refractivity contribution in [1.82, 2.24) is 4.90 Å². The van der Waals surface area contributed by atoms with Gasteiger partial charge in [-0.3, -0.25) is 4.79 Å². The Morgan fingerprint density at radius 3 is 2.33 bits per heavy atom. The minimum absolute atomic E-state index is 0.0444. The summed E-state index contributed by atoms with van der Waals surface area (Å²) in [5.41, 5.74) is -0.197. The van der Waals surface area contributed by atoms with Crippen molar-refractivity contribution in [3.63, 3.8) is 0 Å². The van der Waals surface area contributed by atoms with Gasteiger partial charge in [-0.2, -0.15) is 5.26 Å². The first-order chi connectivity index (χ1) is 6.84. The van der Waals surface area contributed by atoms with E-state index in [1.54, 1.807) is 0 Å². The van der Waals surface area contributed by atoms with Crippen LogP contribution in [0.3, 0.4) is 0 Å². The summed E-state index contributed by atoms with van der Waals surface area (Å²) in [6, 6.07) is 2.09. The summed E-state index contributed by atoms with van der Waals surface area (Å²) in [5, 5.41) is 8.57. The molecule has 1 unspecified atom stereocenters. The SMILES string of the molecule is CCC(C)C(=O)N(CCC#N)C(C)(C)C. The summed E-state index contributed by atoms with van der Waals surface area (Å²) >= 11 is 0. The van der Waals surface area contributed by atoms with Gasteiger partial charge in [-0.25, -0.2) is 0 Å². The summed E-state index contributed by atoms with van der Waals surface area (Å²) < 4.78 is 0. The van der Waals surface area contributed by atoms with E-state index in [1.807, 2.05) is 39.5 Å². The highest BCUT2D eigenvalue weighted by Gasteiger charge is 2.28. The maximum absolute atomic E-state index is 12.0. The van der Waals surface area contributed by atoms with Gasteiger partial charge in [0.2, 0.25) is 5.91 Å². The third-order valence-corrected chi connectivity index (χ3v) is 2.56. The summed E-state index contributed by atoms with van der Waals surface area (Å²) in [6.45, 7) is 10.5. The summed E-state index contributed by atoms with van der Waals surface area (Å²) in [7, 11) is 0. The van der Waals surface area contributed by atoms with Crippen molar-refractivity contribution < 1.29 is 4.79 Å². The predicted molar refractivity (Wildman–Crippen MR) is 61.2 cm³/mol. The van der Waals surface area contributed by atoms with Gasteiger partial charge < -0.3 is 4.90 Å². The molecule has 0 heterocycles. The average Bonchev–Trinajstić information content (AvgIpc) is 2.14. The highest BCUT2D eigenvalue weighted by atomic mass is 16.2. The Bertz CT molecular complexity index is 247. The maximum atomic E-state index is 12.0. The van der Waals surface area contributed by atoms with E-state index in [1.165, 1.54) is 0 Å². The van der Waals surface area contributed by atoms with Crippen LogP contribution in [0.25, 0.3) is 0 Å². The smallest absolute Gasteiger partial charge is 0.225 e. The Hall–Kier alpha value is -1.04. The molecule has 0 saturated heterocycles. The van der Waals surface area contributed by atoms with Crippen molar-refractivity contribution in [1.29, 1.82) is 5.26 Å². The molecule has 0 aliphatic rings. The van der Waals surface area contributed by atoms with E-state index >= 15 is 0 Å². The molecule has 0 radical (unpaired) electrons. The molecule has 3 nitrogen and oxygen atoms in total. The lowest BCUT2D eigenvalue weighted by Gasteiger charge is -2.37. The van der Waals surface area contributed by atoms with E-state index in [-0.39, 0.29) is 17.4 Å². The van der Waals surface area contributed by atoms with E-state index in [0.29, 0.717) is 13.0 Å². The Labute approximate surface area is 93.1 Å². The van der Waals surface area contributed by atoms with Crippen LogP contribution in [-0.4, -0.2) is 22.9 Å². The van der Waals surface area contributed by atoms with E-state index in [2.05, 4.69) is 6.07 Å². The minimum atomic E-state index is -0.197. The minimum Gasteiger partial charge on any atom is -0.337 e. The van der Waals surface area contributed by atoms with Gasteiger partial charge >= 0.3 is 0 Å². The van der Waals surface area contributed by atoms with E-state index in [4.69, 9.17) is 5.26 Å². The first-order valence-corrected chi connectivity index (χ1v) is 5.53. The molecule has 0 bridgehead atoms. The Balaban J connectivity index is 4.65. The fourth-order valence-electron chi connectivity index (χ4n) is 1.38. The van der Waals surface area contributed by atoms with Gasteiger partial charge in [0, 0.05) is 18.0 Å². The number of nitrogens with zero attached hydrogens (tertiary/aromatic N) is 2. The number of carbonyl (C=O) groups is 1. The number of rotatable bonds is 4. The zero-order valence-corrected chi connectivity index (χ0v) is 10.5. The molecule has 0 saturated carbocycles. The van der Waals surface area contributed by atoms with Gasteiger partial charge in [0.25, 0.3) is 0 Å². The Morgan fingerprint density at radius 1 is 1.47 bits per heavy atom. The van der Waals surface area contributed by atoms with Crippen molar-refractivity contribution >= 4 is 5.91 Å². The predicted octanol–water partition coefficient (Wildman–Crippen LogP) is 2.57. The second-order valence-electron chi connectivity index (χ2n) is 4.88. The van der Waals surface area contributed by atoms with Gasteiger partial charge in [0.15, 0.2) is 0 Å². The molecule has 1 atom stereocenters.